The zero-order chi connectivity index (χ0) is 17.4. The van der Waals surface area contributed by atoms with Gasteiger partial charge in [0.25, 0.3) is 5.91 Å². The van der Waals surface area contributed by atoms with E-state index < -0.39 is 0 Å². The highest BCUT2D eigenvalue weighted by Crippen LogP contribution is 2.35. The van der Waals surface area contributed by atoms with Crippen LogP contribution in [0.15, 0.2) is 53.4 Å². The highest BCUT2D eigenvalue weighted by atomic mass is 32.2. The Labute approximate surface area is 151 Å². The van der Waals surface area contributed by atoms with Crippen molar-refractivity contribution in [2.24, 2.45) is 7.05 Å². The van der Waals surface area contributed by atoms with Crippen LogP contribution in [0.1, 0.15) is 35.1 Å². The van der Waals surface area contributed by atoms with Crippen LogP contribution in [0.25, 0.3) is 11.0 Å². The Kier molecular flexibility index (Phi) is 4.25. The smallest absolute Gasteiger partial charge is 0.255 e. The third-order valence-electron chi connectivity index (χ3n) is 4.97. The van der Waals surface area contributed by atoms with E-state index in [0.29, 0.717) is 0 Å². The van der Waals surface area contributed by atoms with E-state index in [4.69, 9.17) is 4.98 Å². The van der Waals surface area contributed by atoms with Gasteiger partial charge in [0.05, 0.1) is 22.6 Å². The van der Waals surface area contributed by atoms with Gasteiger partial charge in [-0.2, -0.15) is 0 Å². The fraction of sp³-hybridized carbons (Fsp3) is 0.300. The standard InChI is InChI=1S/C20H21N3OS/c1-22-16-10-5-4-9-15(16)21-19(22)17-11-7-13-23(17)20(24)14-8-3-6-12-18(14)25-2/h3-6,8-10,12,17H,7,11,13H2,1-2H3/t17-/m1/s1. The molecule has 0 aliphatic carbocycles. The Morgan fingerprint density at radius 2 is 1.92 bits per heavy atom. The van der Waals surface area contributed by atoms with E-state index in [2.05, 4.69) is 10.6 Å². The fourth-order valence-electron chi connectivity index (χ4n) is 3.72. The zero-order valence-electron chi connectivity index (χ0n) is 14.5. The van der Waals surface area contributed by atoms with Gasteiger partial charge in [0.1, 0.15) is 5.82 Å². The third-order valence-corrected chi connectivity index (χ3v) is 5.77. The highest BCUT2D eigenvalue weighted by Gasteiger charge is 2.34. The minimum Gasteiger partial charge on any atom is -0.329 e. The molecule has 3 aromatic rings. The first-order valence-corrected chi connectivity index (χ1v) is 9.78. The van der Waals surface area contributed by atoms with Crippen LogP contribution in [0.2, 0.25) is 0 Å². The molecule has 2 aromatic carbocycles. The van der Waals surface area contributed by atoms with Crippen LogP contribution in [0.4, 0.5) is 0 Å². The number of fused-ring (bicyclic) bond motifs is 1. The maximum Gasteiger partial charge on any atom is 0.255 e. The number of thioether (sulfide) groups is 1. The topological polar surface area (TPSA) is 38.1 Å². The van der Waals surface area contributed by atoms with Crippen LogP contribution in [0.5, 0.6) is 0 Å². The first-order chi connectivity index (χ1) is 12.2. The van der Waals surface area contributed by atoms with Gasteiger partial charge >= 0.3 is 0 Å². The number of para-hydroxylation sites is 2. The van der Waals surface area contributed by atoms with Gasteiger partial charge in [0.15, 0.2) is 0 Å². The lowest BCUT2D eigenvalue weighted by atomic mass is 10.1. The largest absolute Gasteiger partial charge is 0.329 e. The van der Waals surface area contributed by atoms with Crippen molar-refractivity contribution in [1.82, 2.24) is 14.5 Å². The van der Waals surface area contributed by atoms with Crippen molar-refractivity contribution in [3.63, 3.8) is 0 Å². The zero-order valence-corrected chi connectivity index (χ0v) is 15.3. The summed E-state index contributed by atoms with van der Waals surface area (Å²) >= 11 is 1.62. The van der Waals surface area contributed by atoms with Gasteiger partial charge in [-0.3, -0.25) is 4.79 Å². The van der Waals surface area contributed by atoms with Crippen molar-refractivity contribution < 1.29 is 4.79 Å². The Hall–Kier alpha value is -2.27. The minimum absolute atomic E-state index is 0.0415. The normalized spacial score (nSPS) is 17.4. The maximum atomic E-state index is 13.2. The van der Waals surface area contributed by atoms with Crippen molar-refractivity contribution in [1.29, 1.82) is 0 Å². The van der Waals surface area contributed by atoms with E-state index in [1.54, 1.807) is 11.8 Å². The van der Waals surface area contributed by atoms with Crippen molar-refractivity contribution in [2.75, 3.05) is 12.8 Å². The molecule has 4 nitrogen and oxygen atoms in total. The maximum absolute atomic E-state index is 13.2. The van der Waals surface area contributed by atoms with Gasteiger partial charge in [-0.25, -0.2) is 4.98 Å². The first kappa shape index (κ1) is 16.2. The molecule has 1 aromatic heterocycles. The summed E-state index contributed by atoms with van der Waals surface area (Å²) in [6, 6.07) is 16.0. The molecule has 0 unspecified atom stereocenters. The number of amides is 1. The summed E-state index contributed by atoms with van der Waals surface area (Å²) in [6.07, 6.45) is 3.99. The molecule has 1 amide bonds. The van der Waals surface area contributed by atoms with Crippen molar-refractivity contribution in [3.05, 3.63) is 59.9 Å². The molecule has 1 atom stereocenters. The molecule has 0 spiro atoms. The summed E-state index contributed by atoms with van der Waals surface area (Å²) in [6.45, 7) is 0.787. The van der Waals surface area contributed by atoms with E-state index in [0.717, 1.165) is 46.7 Å². The van der Waals surface area contributed by atoms with Gasteiger partial charge in [-0.1, -0.05) is 24.3 Å². The number of carbonyl (C=O) groups excluding carboxylic acids is 1. The number of aromatic nitrogens is 2. The minimum atomic E-state index is 0.0415. The van der Waals surface area contributed by atoms with E-state index in [9.17, 15) is 4.79 Å². The second-order valence-electron chi connectivity index (χ2n) is 6.37. The van der Waals surface area contributed by atoms with E-state index >= 15 is 0 Å². The Balaban J connectivity index is 1.72. The van der Waals surface area contributed by atoms with Crippen molar-refractivity contribution in [2.45, 2.75) is 23.8 Å². The van der Waals surface area contributed by atoms with Crippen LogP contribution in [-0.4, -0.2) is 33.2 Å². The highest BCUT2D eigenvalue weighted by molar-refractivity contribution is 7.98. The van der Waals surface area contributed by atoms with Crippen LogP contribution < -0.4 is 0 Å². The Bertz CT molecular complexity index is 934. The summed E-state index contributed by atoms with van der Waals surface area (Å²) < 4.78 is 2.13. The first-order valence-electron chi connectivity index (χ1n) is 8.56. The summed E-state index contributed by atoms with van der Waals surface area (Å²) in [5.41, 5.74) is 2.89. The summed E-state index contributed by atoms with van der Waals surface area (Å²) in [7, 11) is 2.04. The van der Waals surface area contributed by atoms with E-state index in [-0.39, 0.29) is 11.9 Å². The number of hydrogen-bond acceptors (Lipinski definition) is 3. The second-order valence-corrected chi connectivity index (χ2v) is 7.22. The van der Waals surface area contributed by atoms with Gasteiger partial charge < -0.3 is 9.47 Å². The summed E-state index contributed by atoms with van der Waals surface area (Å²) in [5, 5.41) is 0. The van der Waals surface area contributed by atoms with Crippen LogP contribution >= 0.6 is 11.8 Å². The third kappa shape index (κ3) is 2.72. The predicted molar refractivity (Wildman–Crippen MR) is 102 cm³/mol. The fourth-order valence-corrected chi connectivity index (χ4v) is 4.31. The molecule has 4 rings (SSSR count). The number of nitrogens with zero attached hydrogens (tertiary/aromatic N) is 3. The predicted octanol–water partition coefficient (Wildman–Crippen LogP) is 4.27. The average Bonchev–Trinajstić information content (AvgIpc) is 3.26. The molecule has 128 valence electrons. The number of rotatable bonds is 3. The lowest BCUT2D eigenvalue weighted by Crippen LogP contribution is -2.32. The van der Waals surface area contributed by atoms with Crippen LogP contribution in [0, 0.1) is 0 Å². The van der Waals surface area contributed by atoms with Crippen molar-refractivity contribution in [3.8, 4) is 0 Å². The van der Waals surface area contributed by atoms with Gasteiger partial charge in [0.2, 0.25) is 0 Å². The van der Waals surface area contributed by atoms with Crippen LogP contribution in [-0.2, 0) is 7.05 Å². The molecule has 2 heterocycles. The Morgan fingerprint density at radius 3 is 2.72 bits per heavy atom. The number of aryl methyl sites for hydroxylation is 1. The lowest BCUT2D eigenvalue weighted by molar-refractivity contribution is 0.0725. The lowest BCUT2D eigenvalue weighted by Gasteiger charge is -2.25. The molecule has 1 saturated heterocycles. The number of imidazole rings is 1. The molecule has 1 aliphatic rings. The SMILES string of the molecule is CSc1ccccc1C(=O)N1CCC[C@@H]1c1nc2ccccc2n1C. The molecule has 1 aliphatic heterocycles. The second kappa shape index (κ2) is 6.56. The monoisotopic (exact) mass is 351 g/mol. The number of likely N-dealkylation sites (tertiary alicyclic amines) is 1. The summed E-state index contributed by atoms with van der Waals surface area (Å²) in [5.74, 6) is 1.09. The molecule has 0 bridgehead atoms. The number of carbonyl (C=O) groups is 1. The van der Waals surface area contributed by atoms with Crippen molar-refractivity contribution >= 4 is 28.7 Å². The molecular formula is C20H21N3OS. The molecule has 0 N–H and O–H groups in total. The number of benzene rings is 2. The van der Waals surface area contributed by atoms with Crippen LogP contribution in [0.3, 0.4) is 0 Å². The summed E-state index contributed by atoms with van der Waals surface area (Å²) in [4.78, 5) is 21.1. The molecule has 1 fully saturated rings. The molecule has 25 heavy (non-hydrogen) atoms. The van der Waals surface area contributed by atoms with Gasteiger partial charge in [0, 0.05) is 18.5 Å². The number of hydrogen-bond donors (Lipinski definition) is 0. The molecular weight excluding hydrogens is 330 g/mol. The van der Waals surface area contributed by atoms with E-state index in [1.807, 2.05) is 60.7 Å². The average molecular weight is 351 g/mol. The molecule has 5 heteroatoms. The van der Waals surface area contributed by atoms with E-state index in [1.165, 1.54) is 0 Å². The van der Waals surface area contributed by atoms with Gasteiger partial charge in [-0.05, 0) is 43.4 Å². The van der Waals surface area contributed by atoms with Gasteiger partial charge in [-0.15, -0.1) is 11.8 Å². The molecule has 0 saturated carbocycles. The Morgan fingerprint density at radius 1 is 1.16 bits per heavy atom. The quantitative estimate of drug-likeness (QED) is 0.661. The molecule has 0 radical (unpaired) electrons.